The number of nitrogens with one attached hydrogen (secondary N) is 1. The summed E-state index contributed by atoms with van der Waals surface area (Å²) in [5, 5.41) is 4.66. The van der Waals surface area contributed by atoms with Gasteiger partial charge in [-0.25, -0.2) is 0 Å². The minimum Gasteiger partial charge on any atom is -0.497 e. The first kappa shape index (κ1) is 22.5. The van der Waals surface area contributed by atoms with Gasteiger partial charge in [-0.1, -0.05) is 62.4 Å². The number of imide groups is 1. The fourth-order valence-electron chi connectivity index (χ4n) is 3.69. The number of hydrogen-bond donors (Lipinski definition) is 1. The number of carbonyl (C=O) groups excluding carboxylic acids is 2. The predicted octanol–water partition coefficient (Wildman–Crippen LogP) is 5.60. The van der Waals surface area contributed by atoms with Gasteiger partial charge in [0.25, 0.3) is 0 Å². The molecule has 0 aliphatic rings. The molecule has 0 spiro atoms. The molecular formula is C27H31NO3. The first-order valence-corrected chi connectivity index (χ1v) is 10.8. The molecule has 3 aromatic rings. The van der Waals surface area contributed by atoms with Crippen molar-refractivity contribution >= 4 is 22.6 Å². The minimum atomic E-state index is -0.434. The van der Waals surface area contributed by atoms with Crippen molar-refractivity contribution in [3.05, 3.63) is 77.4 Å². The van der Waals surface area contributed by atoms with Crippen molar-refractivity contribution in [3.63, 3.8) is 0 Å². The molecule has 0 aliphatic carbocycles. The minimum absolute atomic E-state index is 0.279. The summed E-state index contributed by atoms with van der Waals surface area (Å²) in [6.07, 6.45) is 1.01. The number of rotatable bonds is 7. The fraction of sp³-hybridized carbons (Fsp3) is 0.333. The Morgan fingerprint density at radius 2 is 1.32 bits per heavy atom. The summed E-state index contributed by atoms with van der Waals surface area (Å²) in [5.41, 5.74) is 3.03. The Morgan fingerprint density at radius 1 is 0.774 bits per heavy atom. The molecule has 1 N–H and O–H groups in total. The predicted molar refractivity (Wildman–Crippen MR) is 125 cm³/mol. The summed E-state index contributed by atoms with van der Waals surface area (Å²) in [5.74, 6) is -0.0183. The second kappa shape index (κ2) is 9.78. The van der Waals surface area contributed by atoms with E-state index in [9.17, 15) is 9.59 Å². The summed E-state index contributed by atoms with van der Waals surface area (Å²) < 4.78 is 5.26. The molecule has 3 rings (SSSR count). The monoisotopic (exact) mass is 417 g/mol. The summed E-state index contributed by atoms with van der Waals surface area (Å²) in [6.45, 7) is 8.01. The van der Waals surface area contributed by atoms with Crippen molar-refractivity contribution in [1.82, 2.24) is 5.32 Å². The van der Waals surface area contributed by atoms with Gasteiger partial charge in [-0.2, -0.15) is 0 Å². The van der Waals surface area contributed by atoms with Crippen LogP contribution in [0.25, 0.3) is 10.8 Å². The molecule has 162 valence electrons. The molecule has 4 heteroatoms. The Morgan fingerprint density at radius 3 is 1.94 bits per heavy atom. The van der Waals surface area contributed by atoms with Gasteiger partial charge in [0.1, 0.15) is 5.75 Å². The van der Waals surface area contributed by atoms with E-state index in [1.165, 1.54) is 5.56 Å². The number of ether oxygens (including phenoxy) is 1. The highest BCUT2D eigenvalue weighted by Gasteiger charge is 2.22. The number of benzene rings is 3. The molecule has 0 saturated heterocycles. The lowest BCUT2D eigenvalue weighted by Gasteiger charge is -2.16. The lowest BCUT2D eigenvalue weighted by molar-refractivity contribution is -0.131. The standard InChI is InChI=1S/C27H31NO3/c1-17(2)14-20-6-8-21(9-7-20)18(3)26(29)28-27(30)19(4)22-10-11-24-16-25(31-5)13-12-23(24)15-22/h6-13,15-19H,14H2,1-5H3,(H,28,29,30). The normalized spacial score (nSPS) is 13.1. The number of hydrogen-bond acceptors (Lipinski definition) is 3. The number of amides is 2. The van der Waals surface area contributed by atoms with Crippen molar-refractivity contribution in [1.29, 1.82) is 0 Å². The van der Waals surface area contributed by atoms with Crippen LogP contribution >= 0.6 is 0 Å². The van der Waals surface area contributed by atoms with Gasteiger partial charge in [0, 0.05) is 0 Å². The molecule has 4 nitrogen and oxygen atoms in total. The van der Waals surface area contributed by atoms with Crippen molar-refractivity contribution < 1.29 is 14.3 Å². The van der Waals surface area contributed by atoms with Crippen molar-refractivity contribution in [3.8, 4) is 5.75 Å². The Labute approximate surface area is 184 Å². The smallest absolute Gasteiger partial charge is 0.233 e. The summed E-state index contributed by atoms with van der Waals surface area (Å²) in [7, 11) is 1.64. The highest BCUT2D eigenvalue weighted by molar-refractivity contribution is 6.01. The zero-order valence-electron chi connectivity index (χ0n) is 18.9. The van der Waals surface area contributed by atoms with Gasteiger partial charge in [0.2, 0.25) is 11.8 Å². The van der Waals surface area contributed by atoms with Crippen LogP contribution in [-0.2, 0) is 16.0 Å². The average molecular weight is 418 g/mol. The Hall–Kier alpha value is -3.14. The van der Waals surface area contributed by atoms with Gasteiger partial charge < -0.3 is 4.74 Å². The van der Waals surface area contributed by atoms with Crippen molar-refractivity contribution in [2.75, 3.05) is 7.11 Å². The molecule has 2 atom stereocenters. The van der Waals surface area contributed by atoms with Crippen LogP contribution in [0.3, 0.4) is 0 Å². The van der Waals surface area contributed by atoms with E-state index in [0.29, 0.717) is 5.92 Å². The summed E-state index contributed by atoms with van der Waals surface area (Å²) >= 11 is 0. The first-order valence-electron chi connectivity index (χ1n) is 10.8. The SMILES string of the molecule is COc1ccc2cc(C(C)C(=O)NC(=O)C(C)c3ccc(CC(C)C)cc3)ccc2c1. The molecule has 0 fully saturated rings. The van der Waals surface area contributed by atoms with Gasteiger partial charge in [0.15, 0.2) is 0 Å². The molecule has 0 saturated carbocycles. The van der Waals surface area contributed by atoms with Crippen LogP contribution in [0.4, 0.5) is 0 Å². The lowest BCUT2D eigenvalue weighted by atomic mass is 9.95. The molecule has 0 aliphatic heterocycles. The van der Waals surface area contributed by atoms with E-state index in [-0.39, 0.29) is 11.8 Å². The Balaban J connectivity index is 1.67. The maximum Gasteiger partial charge on any atom is 0.233 e. The average Bonchev–Trinajstić information content (AvgIpc) is 2.77. The van der Waals surface area contributed by atoms with Crippen LogP contribution in [0, 0.1) is 5.92 Å². The number of methoxy groups -OCH3 is 1. The lowest BCUT2D eigenvalue weighted by Crippen LogP contribution is -2.36. The van der Waals surface area contributed by atoms with E-state index in [4.69, 9.17) is 4.74 Å². The van der Waals surface area contributed by atoms with Crippen LogP contribution in [-0.4, -0.2) is 18.9 Å². The summed E-state index contributed by atoms with van der Waals surface area (Å²) in [6, 6.07) is 19.8. The molecule has 0 aromatic heterocycles. The first-order chi connectivity index (χ1) is 14.8. The molecular weight excluding hydrogens is 386 g/mol. The van der Waals surface area contributed by atoms with Gasteiger partial charge in [-0.05, 0) is 65.8 Å². The number of fused-ring (bicyclic) bond motifs is 1. The van der Waals surface area contributed by atoms with Crippen LogP contribution in [0.1, 0.15) is 56.2 Å². The second-order valence-electron chi connectivity index (χ2n) is 8.61. The maximum atomic E-state index is 12.7. The third-order valence-corrected chi connectivity index (χ3v) is 5.73. The van der Waals surface area contributed by atoms with Crippen molar-refractivity contribution in [2.24, 2.45) is 5.92 Å². The highest BCUT2D eigenvalue weighted by atomic mass is 16.5. The molecule has 0 heterocycles. The quantitative estimate of drug-likeness (QED) is 0.545. The topological polar surface area (TPSA) is 55.4 Å². The van der Waals surface area contributed by atoms with Crippen LogP contribution in [0.5, 0.6) is 5.75 Å². The van der Waals surface area contributed by atoms with Gasteiger partial charge in [-0.3, -0.25) is 14.9 Å². The summed E-state index contributed by atoms with van der Waals surface area (Å²) in [4.78, 5) is 25.4. The van der Waals surface area contributed by atoms with E-state index in [1.54, 1.807) is 7.11 Å². The molecule has 3 aromatic carbocycles. The van der Waals surface area contributed by atoms with E-state index in [2.05, 4.69) is 31.3 Å². The van der Waals surface area contributed by atoms with E-state index in [1.807, 2.05) is 62.4 Å². The van der Waals surface area contributed by atoms with E-state index < -0.39 is 11.8 Å². The van der Waals surface area contributed by atoms with Crippen LogP contribution in [0.2, 0.25) is 0 Å². The number of carbonyl (C=O) groups is 2. The van der Waals surface area contributed by atoms with Crippen molar-refractivity contribution in [2.45, 2.75) is 46.0 Å². The zero-order chi connectivity index (χ0) is 22.5. The maximum absolute atomic E-state index is 12.7. The molecule has 0 radical (unpaired) electrons. The molecule has 2 unspecified atom stereocenters. The molecule has 0 bridgehead atoms. The molecule has 31 heavy (non-hydrogen) atoms. The second-order valence-corrected chi connectivity index (χ2v) is 8.61. The van der Waals surface area contributed by atoms with Gasteiger partial charge >= 0.3 is 0 Å². The third kappa shape index (κ3) is 5.52. The molecule has 2 amide bonds. The Kier molecular flexibility index (Phi) is 7.11. The Bertz CT molecular complexity index is 1070. The van der Waals surface area contributed by atoms with Crippen LogP contribution < -0.4 is 10.1 Å². The third-order valence-electron chi connectivity index (χ3n) is 5.73. The largest absolute Gasteiger partial charge is 0.497 e. The van der Waals surface area contributed by atoms with Gasteiger partial charge in [0.05, 0.1) is 18.9 Å². The van der Waals surface area contributed by atoms with Crippen LogP contribution in [0.15, 0.2) is 60.7 Å². The fourth-order valence-corrected chi connectivity index (χ4v) is 3.69. The van der Waals surface area contributed by atoms with E-state index in [0.717, 1.165) is 34.1 Å². The highest BCUT2D eigenvalue weighted by Crippen LogP contribution is 2.25. The van der Waals surface area contributed by atoms with Gasteiger partial charge in [-0.15, -0.1) is 0 Å². The zero-order valence-corrected chi connectivity index (χ0v) is 18.9. The van der Waals surface area contributed by atoms with E-state index >= 15 is 0 Å².